The molecule has 0 atom stereocenters. The van der Waals surface area contributed by atoms with Crippen molar-refractivity contribution in [3.05, 3.63) is 38.7 Å². The van der Waals surface area contributed by atoms with Crippen LogP contribution in [0.15, 0.2) is 21.7 Å². The molecule has 2 aromatic rings. The molecule has 1 N–H and O–H groups in total. The van der Waals surface area contributed by atoms with Crippen molar-refractivity contribution in [2.24, 2.45) is 14.1 Å². The number of morpholine rings is 1. The van der Waals surface area contributed by atoms with Gasteiger partial charge in [0.15, 0.2) is 0 Å². The molecule has 0 unspecified atom stereocenters. The van der Waals surface area contributed by atoms with Gasteiger partial charge in [-0.3, -0.25) is 23.6 Å². The number of rotatable bonds is 4. The fourth-order valence-electron chi connectivity index (χ4n) is 2.82. The Morgan fingerprint density at radius 1 is 1.20 bits per heavy atom. The standard InChI is InChI=1S/C16H21N5O4/c1-19-13-11(15(23)20(2)16(19)24)3-4-12(18-13)14(22)17-5-6-21-7-9-25-10-8-21/h3-4H,5-10H2,1-2H3,(H,17,22). The topological polar surface area (TPSA) is 98.5 Å². The summed E-state index contributed by atoms with van der Waals surface area (Å²) in [5.74, 6) is -0.330. The van der Waals surface area contributed by atoms with Gasteiger partial charge in [0.25, 0.3) is 11.5 Å². The van der Waals surface area contributed by atoms with Crippen LogP contribution in [0.3, 0.4) is 0 Å². The molecule has 9 nitrogen and oxygen atoms in total. The third-order valence-corrected chi connectivity index (χ3v) is 4.35. The number of amides is 1. The number of pyridine rings is 1. The number of nitrogens with zero attached hydrogens (tertiary/aromatic N) is 4. The highest BCUT2D eigenvalue weighted by Crippen LogP contribution is 2.06. The molecule has 1 aliphatic rings. The number of hydrogen-bond acceptors (Lipinski definition) is 6. The van der Waals surface area contributed by atoms with Crippen molar-refractivity contribution in [1.29, 1.82) is 0 Å². The Morgan fingerprint density at radius 3 is 2.64 bits per heavy atom. The molecule has 1 aliphatic heterocycles. The van der Waals surface area contributed by atoms with Gasteiger partial charge in [-0.1, -0.05) is 0 Å². The summed E-state index contributed by atoms with van der Waals surface area (Å²) in [5.41, 5.74) is -0.522. The second-order valence-electron chi connectivity index (χ2n) is 5.98. The smallest absolute Gasteiger partial charge is 0.332 e. The Labute approximate surface area is 143 Å². The molecule has 134 valence electrons. The molecule has 9 heteroatoms. The second-order valence-corrected chi connectivity index (χ2v) is 5.98. The van der Waals surface area contributed by atoms with Gasteiger partial charge in [-0.2, -0.15) is 0 Å². The van der Waals surface area contributed by atoms with Crippen LogP contribution in [0.2, 0.25) is 0 Å². The monoisotopic (exact) mass is 347 g/mol. The maximum atomic E-state index is 12.3. The molecule has 2 aromatic heterocycles. The molecular formula is C16H21N5O4. The number of aryl methyl sites for hydroxylation is 1. The van der Waals surface area contributed by atoms with Crippen LogP contribution in [0.4, 0.5) is 0 Å². The van der Waals surface area contributed by atoms with Gasteiger partial charge in [0.1, 0.15) is 11.3 Å². The highest BCUT2D eigenvalue weighted by atomic mass is 16.5. The summed E-state index contributed by atoms with van der Waals surface area (Å²) in [6.07, 6.45) is 0. The van der Waals surface area contributed by atoms with E-state index in [0.29, 0.717) is 25.1 Å². The summed E-state index contributed by atoms with van der Waals surface area (Å²) in [7, 11) is 2.94. The van der Waals surface area contributed by atoms with Gasteiger partial charge in [-0.05, 0) is 12.1 Å². The van der Waals surface area contributed by atoms with Crippen LogP contribution in [-0.2, 0) is 18.8 Å². The molecule has 0 spiro atoms. The molecule has 25 heavy (non-hydrogen) atoms. The lowest BCUT2D eigenvalue weighted by atomic mass is 10.2. The lowest BCUT2D eigenvalue weighted by molar-refractivity contribution is 0.0383. The largest absolute Gasteiger partial charge is 0.379 e. The fraction of sp³-hybridized carbons (Fsp3) is 0.500. The van der Waals surface area contributed by atoms with E-state index in [4.69, 9.17) is 4.74 Å². The number of fused-ring (bicyclic) bond motifs is 1. The number of carbonyl (C=O) groups excluding carboxylic acids is 1. The lowest BCUT2D eigenvalue weighted by Crippen LogP contribution is -2.41. The van der Waals surface area contributed by atoms with E-state index < -0.39 is 11.2 Å². The van der Waals surface area contributed by atoms with E-state index in [1.807, 2.05) is 0 Å². The summed E-state index contributed by atoms with van der Waals surface area (Å²) >= 11 is 0. The van der Waals surface area contributed by atoms with Gasteiger partial charge in [-0.25, -0.2) is 9.78 Å². The lowest BCUT2D eigenvalue weighted by Gasteiger charge is -2.26. The number of nitrogens with one attached hydrogen (secondary N) is 1. The van der Waals surface area contributed by atoms with Gasteiger partial charge in [0, 0.05) is 40.3 Å². The van der Waals surface area contributed by atoms with Crippen molar-refractivity contribution in [2.75, 3.05) is 39.4 Å². The van der Waals surface area contributed by atoms with E-state index in [9.17, 15) is 14.4 Å². The summed E-state index contributed by atoms with van der Waals surface area (Å²) in [6.45, 7) is 4.37. The third-order valence-electron chi connectivity index (χ3n) is 4.35. The normalized spacial score (nSPS) is 15.4. The maximum absolute atomic E-state index is 12.3. The van der Waals surface area contributed by atoms with Crippen molar-refractivity contribution in [1.82, 2.24) is 24.3 Å². The summed E-state index contributed by atoms with van der Waals surface area (Å²) in [6, 6.07) is 3.03. The van der Waals surface area contributed by atoms with Gasteiger partial charge in [0.2, 0.25) is 0 Å². The van der Waals surface area contributed by atoms with Gasteiger partial charge >= 0.3 is 5.69 Å². The minimum Gasteiger partial charge on any atom is -0.379 e. The quantitative estimate of drug-likeness (QED) is 0.738. The second kappa shape index (κ2) is 7.16. The molecule has 0 aromatic carbocycles. The van der Waals surface area contributed by atoms with Crippen molar-refractivity contribution in [3.8, 4) is 0 Å². The first kappa shape index (κ1) is 17.3. The SMILES string of the molecule is Cn1c(=O)c2ccc(C(=O)NCCN3CCOCC3)nc2n(C)c1=O. The Hall–Kier alpha value is -2.52. The highest BCUT2D eigenvalue weighted by molar-refractivity contribution is 5.94. The molecule has 0 saturated carbocycles. The van der Waals surface area contributed by atoms with Crippen LogP contribution < -0.4 is 16.6 Å². The predicted molar refractivity (Wildman–Crippen MR) is 91.8 cm³/mol. The average molecular weight is 347 g/mol. The summed E-state index contributed by atoms with van der Waals surface area (Å²) in [5, 5.41) is 3.12. The summed E-state index contributed by atoms with van der Waals surface area (Å²) < 4.78 is 7.57. The van der Waals surface area contributed by atoms with E-state index in [-0.39, 0.29) is 17.2 Å². The predicted octanol–water partition coefficient (Wildman–Crippen LogP) is -1.31. The van der Waals surface area contributed by atoms with Crippen LogP contribution in [-0.4, -0.2) is 64.3 Å². The Morgan fingerprint density at radius 2 is 1.92 bits per heavy atom. The van der Waals surface area contributed by atoms with Crippen molar-refractivity contribution in [3.63, 3.8) is 0 Å². The molecule has 0 bridgehead atoms. The van der Waals surface area contributed by atoms with E-state index >= 15 is 0 Å². The van der Waals surface area contributed by atoms with Gasteiger partial charge < -0.3 is 10.1 Å². The first-order chi connectivity index (χ1) is 12.0. The average Bonchev–Trinajstić information content (AvgIpc) is 2.65. The minimum atomic E-state index is -0.477. The molecule has 3 heterocycles. The Kier molecular flexibility index (Phi) is 4.95. The highest BCUT2D eigenvalue weighted by Gasteiger charge is 2.14. The van der Waals surface area contributed by atoms with Crippen LogP contribution in [0.25, 0.3) is 11.0 Å². The van der Waals surface area contributed by atoms with Crippen LogP contribution >= 0.6 is 0 Å². The number of carbonyl (C=O) groups is 1. The fourth-order valence-corrected chi connectivity index (χ4v) is 2.82. The van der Waals surface area contributed by atoms with E-state index in [0.717, 1.165) is 24.2 Å². The third kappa shape index (κ3) is 3.47. The summed E-state index contributed by atoms with van der Waals surface area (Å²) in [4.78, 5) is 42.8. The van der Waals surface area contributed by atoms with Crippen molar-refractivity contribution < 1.29 is 9.53 Å². The number of aromatic nitrogens is 3. The van der Waals surface area contributed by atoms with Gasteiger partial charge in [0.05, 0.1) is 18.6 Å². The maximum Gasteiger partial charge on any atom is 0.332 e. The zero-order valence-corrected chi connectivity index (χ0v) is 14.3. The molecule has 0 aliphatic carbocycles. The molecular weight excluding hydrogens is 326 g/mol. The zero-order chi connectivity index (χ0) is 18.0. The zero-order valence-electron chi connectivity index (χ0n) is 14.3. The molecule has 1 saturated heterocycles. The van der Waals surface area contributed by atoms with Gasteiger partial charge in [-0.15, -0.1) is 0 Å². The van der Waals surface area contributed by atoms with Crippen molar-refractivity contribution in [2.45, 2.75) is 0 Å². The Bertz CT molecular complexity index is 911. The van der Waals surface area contributed by atoms with E-state index in [1.54, 1.807) is 0 Å². The number of hydrogen-bond donors (Lipinski definition) is 1. The van der Waals surface area contributed by atoms with Crippen molar-refractivity contribution >= 4 is 16.9 Å². The number of ether oxygens (including phenoxy) is 1. The van der Waals surface area contributed by atoms with Crippen LogP contribution in [0.5, 0.6) is 0 Å². The van der Waals surface area contributed by atoms with Crippen LogP contribution in [0, 0.1) is 0 Å². The minimum absolute atomic E-state index is 0.178. The Balaban J connectivity index is 1.76. The van der Waals surface area contributed by atoms with E-state index in [2.05, 4.69) is 15.2 Å². The first-order valence-corrected chi connectivity index (χ1v) is 8.14. The molecule has 1 fully saturated rings. The molecule has 1 amide bonds. The molecule has 0 radical (unpaired) electrons. The van der Waals surface area contributed by atoms with Crippen LogP contribution in [0.1, 0.15) is 10.5 Å². The van der Waals surface area contributed by atoms with E-state index in [1.165, 1.54) is 30.8 Å². The molecule has 3 rings (SSSR count). The first-order valence-electron chi connectivity index (χ1n) is 8.14.